The van der Waals surface area contributed by atoms with Gasteiger partial charge in [-0.2, -0.15) is 5.10 Å². The highest BCUT2D eigenvalue weighted by molar-refractivity contribution is 7.91. The minimum Gasteiger partial charge on any atom is -0.401 e. The first-order valence-corrected chi connectivity index (χ1v) is 9.44. The number of amides is 1. The van der Waals surface area contributed by atoms with Crippen LogP contribution in [0.4, 0.5) is 6.01 Å². The Hall–Kier alpha value is -3.01. The lowest BCUT2D eigenvalue weighted by Crippen LogP contribution is -2.13. The summed E-state index contributed by atoms with van der Waals surface area (Å²) in [5, 5.41) is 14.3. The highest BCUT2D eigenvalue weighted by Crippen LogP contribution is 2.20. The van der Waals surface area contributed by atoms with Gasteiger partial charge >= 0.3 is 6.01 Å². The third kappa shape index (κ3) is 3.49. The van der Waals surface area contributed by atoms with Crippen molar-refractivity contribution in [2.24, 2.45) is 7.05 Å². The van der Waals surface area contributed by atoms with E-state index in [4.69, 9.17) is 4.42 Å². The number of nitrogens with zero attached hydrogens (tertiary/aromatic N) is 4. The van der Waals surface area contributed by atoms with E-state index in [0.717, 1.165) is 5.69 Å². The second-order valence-electron chi connectivity index (χ2n) is 5.59. The molecule has 2 heterocycles. The van der Waals surface area contributed by atoms with E-state index in [2.05, 4.69) is 20.6 Å². The number of aryl methyl sites for hydroxylation is 2. The first-order valence-electron chi connectivity index (χ1n) is 7.79. The maximum Gasteiger partial charge on any atom is 0.322 e. The maximum absolute atomic E-state index is 12.3. The fourth-order valence-electron chi connectivity index (χ4n) is 2.21. The van der Waals surface area contributed by atoms with Crippen LogP contribution in [0.1, 0.15) is 23.0 Å². The van der Waals surface area contributed by atoms with E-state index in [0.29, 0.717) is 5.69 Å². The molecule has 0 aliphatic rings. The standard InChI is InChI=1S/C16H17N5O4S/c1-4-26(23,24)12-7-5-6-11(9-12)14(22)17-16-19-18-15(25-16)13-8-10(2)21(3)20-13/h5-9H,4H2,1-3H3,(H,17,19,22). The monoisotopic (exact) mass is 375 g/mol. The summed E-state index contributed by atoms with van der Waals surface area (Å²) in [4.78, 5) is 12.4. The van der Waals surface area contributed by atoms with Gasteiger partial charge < -0.3 is 4.42 Å². The van der Waals surface area contributed by atoms with Crippen LogP contribution in [0, 0.1) is 6.92 Å². The van der Waals surface area contributed by atoms with Crippen molar-refractivity contribution in [3.05, 3.63) is 41.6 Å². The van der Waals surface area contributed by atoms with Crippen LogP contribution < -0.4 is 5.32 Å². The van der Waals surface area contributed by atoms with Crippen LogP contribution in [0.15, 0.2) is 39.6 Å². The molecule has 0 spiro atoms. The number of hydrogen-bond donors (Lipinski definition) is 1. The second kappa shape index (κ2) is 6.71. The Morgan fingerprint density at radius 3 is 2.69 bits per heavy atom. The summed E-state index contributed by atoms with van der Waals surface area (Å²) in [6.07, 6.45) is 0. The summed E-state index contributed by atoms with van der Waals surface area (Å²) >= 11 is 0. The van der Waals surface area contributed by atoms with Gasteiger partial charge in [0.25, 0.3) is 11.8 Å². The van der Waals surface area contributed by atoms with Crippen LogP contribution in [0.3, 0.4) is 0 Å². The smallest absolute Gasteiger partial charge is 0.322 e. The minimum atomic E-state index is -3.40. The average Bonchev–Trinajstić information content (AvgIpc) is 3.22. The number of hydrogen-bond acceptors (Lipinski definition) is 7. The van der Waals surface area contributed by atoms with Crippen molar-refractivity contribution in [3.63, 3.8) is 0 Å². The molecule has 9 nitrogen and oxygen atoms in total. The molecule has 3 rings (SSSR count). The number of carbonyl (C=O) groups is 1. The topological polar surface area (TPSA) is 120 Å². The molecule has 0 radical (unpaired) electrons. The molecule has 1 N–H and O–H groups in total. The number of benzene rings is 1. The normalized spacial score (nSPS) is 11.5. The van der Waals surface area contributed by atoms with Crippen LogP contribution in [0.2, 0.25) is 0 Å². The van der Waals surface area contributed by atoms with Crippen LogP contribution in [-0.4, -0.2) is 40.1 Å². The summed E-state index contributed by atoms with van der Waals surface area (Å²) in [5.74, 6) is -0.425. The van der Waals surface area contributed by atoms with E-state index in [1.807, 2.05) is 6.92 Å². The molecule has 136 valence electrons. The number of sulfone groups is 1. The molecule has 0 unspecified atom stereocenters. The summed E-state index contributed by atoms with van der Waals surface area (Å²) in [6.45, 7) is 3.42. The van der Waals surface area contributed by atoms with E-state index >= 15 is 0 Å². The molecule has 0 bridgehead atoms. The van der Waals surface area contributed by atoms with Crippen LogP contribution in [-0.2, 0) is 16.9 Å². The molecule has 0 aliphatic carbocycles. The summed E-state index contributed by atoms with van der Waals surface area (Å²) in [5.41, 5.74) is 1.58. The van der Waals surface area contributed by atoms with Crippen molar-refractivity contribution in [3.8, 4) is 11.6 Å². The summed E-state index contributed by atoms with van der Waals surface area (Å²) in [7, 11) is -1.62. The van der Waals surface area contributed by atoms with Gasteiger partial charge in [-0.05, 0) is 31.2 Å². The lowest BCUT2D eigenvalue weighted by molar-refractivity contribution is 0.102. The van der Waals surface area contributed by atoms with Gasteiger partial charge in [0.1, 0.15) is 5.69 Å². The lowest BCUT2D eigenvalue weighted by Gasteiger charge is -2.04. The molecule has 0 aliphatic heterocycles. The number of aromatic nitrogens is 4. The summed E-state index contributed by atoms with van der Waals surface area (Å²) in [6, 6.07) is 7.45. The predicted octanol–water partition coefficient (Wildman–Crippen LogP) is 1.82. The van der Waals surface area contributed by atoms with Crippen LogP contribution in [0.5, 0.6) is 0 Å². The van der Waals surface area contributed by atoms with Crippen molar-refractivity contribution in [1.82, 2.24) is 20.0 Å². The van der Waals surface area contributed by atoms with Gasteiger partial charge in [-0.1, -0.05) is 18.1 Å². The molecule has 0 atom stereocenters. The zero-order valence-corrected chi connectivity index (χ0v) is 15.2. The van der Waals surface area contributed by atoms with E-state index in [1.165, 1.54) is 24.3 Å². The van der Waals surface area contributed by atoms with Crippen molar-refractivity contribution in [1.29, 1.82) is 0 Å². The molecule has 0 saturated carbocycles. The third-order valence-electron chi connectivity index (χ3n) is 3.81. The van der Waals surface area contributed by atoms with Gasteiger partial charge in [0.2, 0.25) is 0 Å². The van der Waals surface area contributed by atoms with Gasteiger partial charge in [-0.25, -0.2) is 8.42 Å². The van der Waals surface area contributed by atoms with E-state index in [9.17, 15) is 13.2 Å². The molecule has 0 saturated heterocycles. The Bertz CT molecular complexity index is 1050. The van der Waals surface area contributed by atoms with Crippen molar-refractivity contribution in [2.45, 2.75) is 18.7 Å². The SMILES string of the molecule is CCS(=O)(=O)c1cccc(C(=O)Nc2nnc(-c3cc(C)n(C)n3)o2)c1. The first-order chi connectivity index (χ1) is 12.3. The van der Waals surface area contributed by atoms with Gasteiger partial charge in [-0.3, -0.25) is 14.8 Å². The molecular weight excluding hydrogens is 358 g/mol. The Morgan fingerprint density at radius 2 is 2.04 bits per heavy atom. The van der Waals surface area contributed by atoms with E-state index in [-0.39, 0.29) is 28.1 Å². The molecule has 10 heteroatoms. The Kier molecular flexibility index (Phi) is 4.60. The van der Waals surface area contributed by atoms with Gasteiger partial charge in [0, 0.05) is 18.3 Å². The Morgan fingerprint density at radius 1 is 1.27 bits per heavy atom. The number of carbonyl (C=O) groups excluding carboxylic acids is 1. The van der Waals surface area contributed by atoms with Crippen LogP contribution >= 0.6 is 0 Å². The number of anilines is 1. The molecule has 1 amide bonds. The molecule has 3 aromatic rings. The Labute approximate surface area is 150 Å². The molecule has 2 aromatic heterocycles. The first kappa shape index (κ1) is 17.8. The van der Waals surface area contributed by atoms with E-state index in [1.54, 1.807) is 24.7 Å². The lowest BCUT2D eigenvalue weighted by atomic mass is 10.2. The second-order valence-corrected chi connectivity index (χ2v) is 7.87. The largest absolute Gasteiger partial charge is 0.401 e. The van der Waals surface area contributed by atoms with Gasteiger partial charge in [0.15, 0.2) is 9.84 Å². The van der Waals surface area contributed by atoms with Crippen molar-refractivity contribution < 1.29 is 17.6 Å². The molecule has 1 aromatic carbocycles. The van der Waals surface area contributed by atoms with Crippen molar-refractivity contribution >= 4 is 21.8 Å². The minimum absolute atomic E-state index is 0.0470. The molecular formula is C16H17N5O4S. The van der Waals surface area contributed by atoms with Crippen LogP contribution in [0.25, 0.3) is 11.6 Å². The number of nitrogens with one attached hydrogen (secondary N) is 1. The van der Waals surface area contributed by atoms with E-state index < -0.39 is 15.7 Å². The highest BCUT2D eigenvalue weighted by Gasteiger charge is 2.17. The van der Waals surface area contributed by atoms with Crippen molar-refractivity contribution in [2.75, 3.05) is 11.1 Å². The third-order valence-corrected chi connectivity index (χ3v) is 5.55. The maximum atomic E-state index is 12.3. The molecule has 0 fully saturated rings. The number of rotatable bonds is 5. The molecule has 26 heavy (non-hydrogen) atoms. The Balaban J connectivity index is 1.80. The fraction of sp³-hybridized carbons (Fsp3) is 0.250. The van der Waals surface area contributed by atoms with Gasteiger partial charge in [0.05, 0.1) is 10.6 Å². The summed E-state index contributed by atoms with van der Waals surface area (Å²) < 4.78 is 30.9. The van der Waals surface area contributed by atoms with Gasteiger partial charge in [-0.15, -0.1) is 5.10 Å². The highest BCUT2D eigenvalue weighted by atomic mass is 32.2. The zero-order chi connectivity index (χ0) is 18.9. The predicted molar refractivity (Wildman–Crippen MR) is 93.4 cm³/mol. The average molecular weight is 375 g/mol. The quantitative estimate of drug-likeness (QED) is 0.722. The zero-order valence-electron chi connectivity index (χ0n) is 14.4. The fourth-order valence-corrected chi connectivity index (χ4v) is 3.13.